The highest BCUT2D eigenvalue weighted by Gasteiger charge is 2.33. The molecule has 0 saturated carbocycles. The Balaban J connectivity index is 2.13. The van der Waals surface area contributed by atoms with Gasteiger partial charge in [0.2, 0.25) is 5.91 Å². The number of aromatic nitrogens is 1. The molecule has 0 spiro atoms. The van der Waals surface area contributed by atoms with Crippen molar-refractivity contribution in [2.24, 2.45) is 17.6 Å². The molecule has 5 heteroatoms. The first-order valence-corrected chi connectivity index (χ1v) is 5.23. The first-order valence-electron chi connectivity index (χ1n) is 5.23. The molecule has 1 aromatic heterocycles. The Morgan fingerprint density at radius 2 is 2.31 bits per heavy atom. The molecular weight excluding hydrogens is 209 g/mol. The second-order valence-electron chi connectivity index (χ2n) is 4.23. The van der Waals surface area contributed by atoms with Crippen LogP contribution in [0.5, 0.6) is 0 Å². The van der Waals surface area contributed by atoms with Crippen molar-refractivity contribution >= 4 is 11.7 Å². The van der Waals surface area contributed by atoms with E-state index in [0.29, 0.717) is 12.4 Å². The van der Waals surface area contributed by atoms with E-state index >= 15 is 0 Å². The highest BCUT2D eigenvalue weighted by Crippen LogP contribution is 2.26. The number of hydrogen-bond donors (Lipinski definition) is 1. The molecule has 1 aliphatic rings. The van der Waals surface area contributed by atoms with Crippen LogP contribution in [0.15, 0.2) is 18.3 Å². The molecule has 1 saturated heterocycles. The van der Waals surface area contributed by atoms with Crippen molar-refractivity contribution in [3.63, 3.8) is 0 Å². The minimum atomic E-state index is -0.359. The van der Waals surface area contributed by atoms with Crippen molar-refractivity contribution in [3.8, 4) is 0 Å². The Morgan fingerprint density at radius 1 is 1.56 bits per heavy atom. The van der Waals surface area contributed by atoms with Gasteiger partial charge in [0.15, 0.2) is 0 Å². The Hall–Kier alpha value is -1.65. The summed E-state index contributed by atoms with van der Waals surface area (Å²) in [5, 5.41) is 0. The first-order chi connectivity index (χ1) is 7.58. The number of carbonyl (C=O) groups is 1. The first kappa shape index (κ1) is 10.9. The molecule has 1 aromatic rings. The van der Waals surface area contributed by atoms with E-state index in [2.05, 4.69) is 4.98 Å². The van der Waals surface area contributed by atoms with E-state index in [-0.39, 0.29) is 23.6 Å². The van der Waals surface area contributed by atoms with E-state index in [1.807, 2.05) is 11.8 Å². The average molecular weight is 223 g/mol. The zero-order chi connectivity index (χ0) is 11.7. The molecule has 2 N–H and O–H groups in total. The quantitative estimate of drug-likeness (QED) is 0.806. The Labute approximate surface area is 93.3 Å². The fourth-order valence-electron chi connectivity index (χ4n) is 2.08. The largest absolute Gasteiger partial charge is 0.369 e. The SMILES string of the molecule is C[C@@H]1CN(c2ccc(F)cn2)C[C@H]1C(N)=O. The van der Waals surface area contributed by atoms with E-state index in [1.165, 1.54) is 12.3 Å². The van der Waals surface area contributed by atoms with Crippen LogP contribution in [0.1, 0.15) is 6.92 Å². The number of anilines is 1. The summed E-state index contributed by atoms with van der Waals surface area (Å²) in [5.41, 5.74) is 5.31. The van der Waals surface area contributed by atoms with E-state index in [1.54, 1.807) is 6.07 Å². The molecule has 0 unspecified atom stereocenters. The van der Waals surface area contributed by atoms with Gasteiger partial charge in [-0.2, -0.15) is 0 Å². The molecular formula is C11H14FN3O. The molecule has 0 bridgehead atoms. The van der Waals surface area contributed by atoms with E-state index in [0.717, 1.165) is 6.54 Å². The second kappa shape index (κ2) is 4.08. The molecule has 4 nitrogen and oxygen atoms in total. The van der Waals surface area contributed by atoms with E-state index < -0.39 is 0 Å². The summed E-state index contributed by atoms with van der Waals surface area (Å²) < 4.78 is 12.7. The van der Waals surface area contributed by atoms with Gasteiger partial charge < -0.3 is 10.6 Å². The maximum absolute atomic E-state index is 12.7. The van der Waals surface area contributed by atoms with Gasteiger partial charge in [0, 0.05) is 13.1 Å². The summed E-state index contributed by atoms with van der Waals surface area (Å²) in [7, 11) is 0. The number of primary amides is 1. The molecule has 1 aliphatic heterocycles. The third kappa shape index (κ3) is 1.98. The fourth-order valence-corrected chi connectivity index (χ4v) is 2.08. The number of amides is 1. The van der Waals surface area contributed by atoms with Gasteiger partial charge in [0.05, 0.1) is 12.1 Å². The summed E-state index contributed by atoms with van der Waals surface area (Å²) in [6.45, 7) is 3.28. The number of nitrogens with zero attached hydrogens (tertiary/aromatic N) is 2. The predicted octanol–water partition coefficient (Wildman–Crippen LogP) is 0.778. The molecule has 0 aromatic carbocycles. The van der Waals surface area contributed by atoms with Gasteiger partial charge in [0.1, 0.15) is 11.6 Å². The fraction of sp³-hybridized carbons (Fsp3) is 0.455. The monoisotopic (exact) mass is 223 g/mol. The van der Waals surface area contributed by atoms with Crippen LogP contribution in [0.4, 0.5) is 10.2 Å². The maximum Gasteiger partial charge on any atom is 0.222 e. The molecule has 86 valence electrons. The number of halogens is 1. The van der Waals surface area contributed by atoms with Crippen LogP contribution in [-0.4, -0.2) is 24.0 Å². The van der Waals surface area contributed by atoms with E-state index in [9.17, 15) is 9.18 Å². The van der Waals surface area contributed by atoms with Crippen molar-refractivity contribution in [1.82, 2.24) is 4.98 Å². The van der Waals surface area contributed by atoms with Gasteiger partial charge in [-0.05, 0) is 18.1 Å². The summed E-state index contributed by atoms with van der Waals surface area (Å²) in [4.78, 5) is 17.1. The molecule has 2 heterocycles. The maximum atomic E-state index is 12.7. The minimum Gasteiger partial charge on any atom is -0.369 e. The lowest BCUT2D eigenvalue weighted by Crippen LogP contribution is -2.29. The predicted molar refractivity (Wildman–Crippen MR) is 58.3 cm³/mol. The average Bonchev–Trinajstić information content (AvgIpc) is 2.61. The number of nitrogens with two attached hydrogens (primary N) is 1. The van der Waals surface area contributed by atoms with Crippen LogP contribution < -0.4 is 10.6 Å². The summed E-state index contributed by atoms with van der Waals surface area (Å²) in [6.07, 6.45) is 1.18. The Bertz CT molecular complexity index is 393. The molecule has 16 heavy (non-hydrogen) atoms. The number of carbonyl (C=O) groups excluding carboxylic acids is 1. The lowest BCUT2D eigenvalue weighted by Gasteiger charge is -2.16. The lowest BCUT2D eigenvalue weighted by atomic mass is 9.98. The highest BCUT2D eigenvalue weighted by molar-refractivity contribution is 5.78. The van der Waals surface area contributed by atoms with Crippen molar-refractivity contribution in [1.29, 1.82) is 0 Å². The standard InChI is InChI=1S/C11H14FN3O/c1-7-5-15(6-9(7)11(13)16)10-3-2-8(12)4-14-10/h2-4,7,9H,5-6H2,1H3,(H2,13,16)/t7-,9-/m1/s1. The lowest BCUT2D eigenvalue weighted by molar-refractivity contribution is -0.122. The second-order valence-corrected chi connectivity index (χ2v) is 4.23. The Kier molecular flexibility index (Phi) is 2.77. The van der Waals surface area contributed by atoms with Crippen LogP contribution in [0.3, 0.4) is 0 Å². The number of rotatable bonds is 2. The van der Waals surface area contributed by atoms with Gasteiger partial charge in [-0.3, -0.25) is 4.79 Å². The van der Waals surface area contributed by atoms with Gasteiger partial charge in [-0.1, -0.05) is 6.92 Å². The zero-order valence-corrected chi connectivity index (χ0v) is 9.06. The van der Waals surface area contributed by atoms with Crippen molar-refractivity contribution in [2.75, 3.05) is 18.0 Å². The zero-order valence-electron chi connectivity index (χ0n) is 9.06. The molecule has 0 radical (unpaired) electrons. The topological polar surface area (TPSA) is 59.2 Å². The van der Waals surface area contributed by atoms with Crippen molar-refractivity contribution in [3.05, 3.63) is 24.1 Å². The van der Waals surface area contributed by atoms with E-state index in [4.69, 9.17) is 5.73 Å². The smallest absolute Gasteiger partial charge is 0.222 e. The van der Waals surface area contributed by atoms with Crippen LogP contribution >= 0.6 is 0 Å². The highest BCUT2D eigenvalue weighted by atomic mass is 19.1. The molecule has 0 aliphatic carbocycles. The van der Waals surface area contributed by atoms with Crippen LogP contribution in [0.2, 0.25) is 0 Å². The molecule has 1 fully saturated rings. The summed E-state index contributed by atoms with van der Waals surface area (Å²) in [6, 6.07) is 2.98. The Morgan fingerprint density at radius 3 is 2.81 bits per heavy atom. The number of hydrogen-bond acceptors (Lipinski definition) is 3. The van der Waals surface area contributed by atoms with Gasteiger partial charge in [-0.15, -0.1) is 0 Å². The molecule has 1 amide bonds. The third-order valence-electron chi connectivity index (χ3n) is 3.01. The summed E-state index contributed by atoms with van der Waals surface area (Å²) >= 11 is 0. The van der Waals surface area contributed by atoms with Gasteiger partial charge >= 0.3 is 0 Å². The third-order valence-corrected chi connectivity index (χ3v) is 3.01. The molecule has 2 atom stereocenters. The molecule has 2 rings (SSSR count). The van der Waals surface area contributed by atoms with Gasteiger partial charge in [0.25, 0.3) is 0 Å². The minimum absolute atomic E-state index is 0.146. The van der Waals surface area contributed by atoms with Crippen molar-refractivity contribution in [2.45, 2.75) is 6.92 Å². The van der Waals surface area contributed by atoms with Crippen LogP contribution in [0.25, 0.3) is 0 Å². The van der Waals surface area contributed by atoms with Crippen molar-refractivity contribution < 1.29 is 9.18 Å². The van der Waals surface area contributed by atoms with Gasteiger partial charge in [-0.25, -0.2) is 9.37 Å². The summed E-state index contributed by atoms with van der Waals surface area (Å²) in [5.74, 6) is 0.118. The van der Waals surface area contributed by atoms with Crippen LogP contribution in [0, 0.1) is 17.7 Å². The van der Waals surface area contributed by atoms with Crippen LogP contribution in [-0.2, 0) is 4.79 Å². The number of pyridine rings is 1. The normalized spacial score (nSPS) is 24.8.